The van der Waals surface area contributed by atoms with E-state index in [9.17, 15) is 4.79 Å². The first kappa shape index (κ1) is 12.4. The molecule has 1 rings (SSSR count). The average molecular weight is 209 g/mol. The lowest BCUT2D eigenvalue weighted by Gasteiger charge is -2.15. The molecule has 86 valence electrons. The second-order valence-electron chi connectivity index (χ2n) is 4.95. The summed E-state index contributed by atoms with van der Waals surface area (Å²) in [4.78, 5) is 13.6. The molecule has 1 aliphatic rings. The third kappa shape index (κ3) is 4.61. The summed E-state index contributed by atoms with van der Waals surface area (Å²) in [7, 11) is 4.21. The number of nitrogens with zero attached hydrogens (tertiary/aromatic N) is 1. The monoisotopic (exact) mass is 209 g/mol. The molecule has 0 N–H and O–H groups in total. The fraction of sp³-hybridized carbons (Fsp3) is 0.769. The van der Waals surface area contributed by atoms with Gasteiger partial charge in [-0.15, -0.1) is 0 Å². The van der Waals surface area contributed by atoms with Crippen LogP contribution < -0.4 is 0 Å². The Labute approximate surface area is 93.3 Å². The second-order valence-corrected chi connectivity index (χ2v) is 4.95. The Morgan fingerprint density at radius 2 is 2.13 bits per heavy atom. The van der Waals surface area contributed by atoms with Crippen molar-refractivity contribution in [3.63, 3.8) is 0 Å². The third-order valence-corrected chi connectivity index (χ3v) is 2.94. The highest BCUT2D eigenvalue weighted by Gasteiger charge is 2.15. The van der Waals surface area contributed by atoms with Gasteiger partial charge < -0.3 is 4.90 Å². The molecule has 0 amide bonds. The first-order chi connectivity index (χ1) is 7.09. The van der Waals surface area contributed by atoms with Crippen LogP contribution in [0, 0.1) is 5.92 Å². The Balaban J connectivity index is 2.23. The summed E-state index contributed by atoms with van der Waals surface area (Å²) in [6.07, 6.45) is 7.28. The molecule has 1 aliphatic carbocycles. The van der Waals surface area contributed by atoms with Gasteiger partial charge in [-0.3, -0.25) is 4.79 Å². The largest absolute Gasteiger partial charge is 0.309 e. The zero-order valence-corrected chi connectivity index (χ0v) is 10.3. The summed E-state index contributed by atoms with van der Waals surface area (Å²) in [6, 6.07) is 0. The highest BCUT2D eigenvalue weighted by atomic mass is 16.1. The van der Waals surface area contributed by atoms with Crippen molar-refractivity contribution < 1.29 is 4.79 Å². The summed E-state index contributed by atoms with van der Waals surface area (Å²) < 4.78 is 0. The van der Waals surface area contributed by atoms with E-state index in [1.165, 1.54) is 6.42 Å². The van der Waals surface area contributed by atoms with E-state index in [0.717, 1.165) is 37.8 Å². The summed E-state index contributed by atoms with van der Waals surface area (Å²) in [5.74, 6) is 1.10. The smallest absolute Gasteiger partial charge is 0.158 e. The van der Waals surface area contributed by atoms with Gasteiger partial charge in [0.25, 0.3) is 0 Å². The van der Waals surface area contributed by atoms with Crippen molar-refractivity contribution in [3.05, 3.63) is 11.6 Å². The molecule has 0 aromatic heterocycles. The molecule has 0 aromatic rings. The predicted octanol–water partition coefficient (Wildman–Crippen LogP) is 2.64. The number of hydrogen-bond donors (Lipinski definition) is 0. The normalized spacial score (nSPS) is 21.6. The van der Waals surface area contributed by atoms with E-state index in [0.29, 0.717) is 11.7 Å². The molecule has 0 radical (unpaired) electrons. The van der Waals surface area contributed by atoms with Crippen LogP contribution in [0.1, 0.15) is 39.0 Å². The van der Waals surface area contributed by atoms with Crippen molar-refractivity contribution in [1.29, 1.82) is 0 Å². The first-order valence-corrected chi connectivity index (χ1v) is 5.96. The number of ketones is 1. The Morgan fingerprint density at radius 1 is 1.40 bits per heavy atom. The fourth-order valence-electron chi connectivity index (χ4n) is 2.21. The van der Waals surface area contributed by atoms with Gasteiger partial charge >= 0.3 is 0 Å². The third-order valence-electron chi connectivity index (χ3n) is 2.94. The van der Waals surface area contributed by atoms with Gasteiger partial charge in [-0.1, -0.05) is 13.0 Å². The van der Waals surface area contributed by atoms with E-state index in [1.807, 2.05) is 0 Å². The maximum Gasteiger partial charge on any atom is 0.158 e. The van der Waals surface area contributed by atoms with Crippen LogP contribution in [0.15, 0.2) is 11.6 Å². The van der Waals surface area contributed by atoms with Gasteiger partial charge in [0.05, 0.1) is 0 Å². The minimum atomic E-state index is 0.385. The zero-order chi connectivity index (χ0) is 11.3. The number of rotatable bonds is 5. The van der Waals surface area contributed by atoms with Crippen LogP contribution in [0.3, 0.4) is 0 Å². The Morgan fingerprint density at radius 3 is 2.67 bits per heavy atom. The van der Waals surface area contributed by atoms with Crippen LogP contribution in [0.2, 0.25) is 0 Å². The highest BCUT2D eigenvalue weighted by Crippen LogP contribution is 2.21. The first-order valence-electron chi connectivity index (χ1n) is 5.96. The van der Waals surface area contributed by atoms with E-state index in [-0.39, 0.29) is 0 Å². The van der Waals surface area contributed by atoms with E-state index in [4.69, 9.17) is 0 Å². The molecule has 0 spiro atoms. The number of hydrogen-bond acceptors (Lipinski definition) is 2. The van der Waals surface area contributed by atoms with Crippen LogP contribution >= 0.6 is 0 Å². The maximum absolute atomic E-state index is 11.4. The Kier molecular flexibility index (Phi) is 5.03. The molecular formula is C13H23NO. The molecule has 2 nitrogen and oxygen atoms in total. The number of Topliss-reactive ketones (excluding diaryl/α,β-unsaturated/α-hetero) is 1. The summed E-state index contributed by atoms with van der Waals surface area (Å²) in [5.41, 5.74) is 1.09. The lowest BCUT2D eigenvalue weighted by molar-refractivity contribution is -0.114. The predicted molar refractivity (Wildman–Crippen MR) is 63.9 cm³/mol. The average Bonchev–Trinajstić information content (AvgIpc) is 2.50. The van der Waals surface area contributed by atoms with Gasteiger partial charge in [0.15, 0.2) is 5.78 Å². The quantitative estimate of drug-likeness (QED) is 0.649. The fourth-order valence-corrected chi connectivity index (χ4v) is 2.21. The van der Waals surface area contributed by atoms with Gasteiger partial charge in [-0.2, -0.15) is 0 Å². The minimum Gasteiger partial charge on any atom is -0.309 e. The van der Waals surface area contributed by atoms with E-state index in [1.54, 1.807) is 0 Å². The van der Waals surface area contributed by atoms with Crippen LogP contribution in [0.5, 0.6) is 0 Å². The molecule has 1 atom stereocenters. The van der Waals surface area contributed by atoms with Crippen molar-refractivity contribution in [2.75, 3.05) is 20.6 Å². The number of carbonyl (C=O) groups is 1. The lowest BCUT2D eigenvalue weighted by atomic mass is 10.0. The van der Waals surface area contributed by atoms with Crippen LogP contribution in [0.25, 0.3) is 0 Å². The van der Waals surface area contributed by atoms with Gasteiger partial charge in [0.1, 0.15) is 0 Å². The zero-order valence-electron chi connectivity index (χ0n) is 10.3. The number of carbonyl (C=O) groups excluding carboxylic acids is 1. The van der Waals surface area contributed by atoms with Gasteiger partial charge in [-0.25, -0.2) is 0 Å². The lowest BCUT2D eigenvalue weighted by Crippen LogP contribution is -2.19. The molecule has 0 aliphatic heterocycles. The van der Waals surface area contributed by atoms with E-state index < -0.39 is 0 Å². The minimum absolute atomic E-state index is 0.385. The Bertz CT molecular complexity index is 243. The van der Waals surface area contributed by atoms with Crippen molar-refractivity contribution in [3.8, 4) is 0 Å². The standard InChI is InChI=1S/C13H23NO/c1-11(10-14(2)3)6-4-7-12-8-5-9-13(12)15/h7,11H,4-6,8-10H2,1-3H3/b12-7+. The van der Waals surface area contributed by atoms with E-state index >= 15 is 0 Å². The second kappa shape index (κ2) is 6.06. The molecule has 0 heterocycles. The maximum atomic E-state index is 11.4. The Hall–Kier alpha value is -0.630. The molecule has 0 saturated heterocycles. The molecular weight excluding hydrogens is 186 g/mol. The molecule has 0 bridgehead atoms. The molecule has 15 heavy (non-hydrogen) atoms. The number of allylic oxidation sites excluding steroid dienone is 2. The summed E-state index contributed by atoms with van der Waals surface area (Å²) >= 11 is 0. The van der Waals surface area contributed by atoms with Gasteiger partial charge in [0, 0.05) is 13.0 Å². The van der Waals surface area contributed by atoms with Crippen molar-refractivity contribution in [2.45, 2.75) is 39.0 Å². The van der Waals surface area contributed by atoms with Crippen LogP contribution in [-0.4, -0.2) is 31.3 Å². The van der Waals surface area contributed by atoms with Crippen LogP contribution in [0.4, 0.5) is 0 Å². The van der Waals surface area contributed by atoms with Crippen LogP contribution in [-0.2, 0) is 4.79 Å². The van der Waals surface area contributed by atoms with Crippen molar-refractivity contribution in [2.24, 2.45) is 5.92 Å². The highest BCUT2D eigenvalue weighted by molar-refractivity contribution is 5.97. The molecule has 1 saturated carbocycles. The molecule has 1 unspecified atom stereocenters. The van der Waals surface area contributed by atoms with E-state index in [2.05, 4.69) is 32.0 Å². The van der Waals surface area contributed by atoms with Crippen molar-refractivity contribution >= 4 is 5.78 Å². The summed E-state index contributed by atoms with van der Waals surface area (Å²) in [5, 5.41) is 0. The van der Waals surface area contributed by atoms with Gasteiger partial charge in [-0.05, 0) is 51.3 Å². The van der Waals surface area contributed by atoms with Crippen molar-refractivity contribution in [1.82, 2.24) is 4.90 Å². The SMILES string of the molecule is CC(CC/C=C1\CCCC1=O)CN(C)C. The molecule has 2 heteroatoms. The summed E-state index contributed by atoms with van der Waals surface area (Å²) in [6.45, 7) is 3.41. The van der Waals surface area contributed by atoms with Gasteiger partial charge in [0.2, 0.25) is 0 Å². The topological polar surface area (TPSA) is 20.3 Å². The molecule has 1 fully saturated rings. The molecule has 0 aromatic carbocycles.